The number of amides is 3. The molecule has 2 rings (SSSR count). The second-order valence-electron chi connectivity index (χ2n) is 6.12. The second-order valence-corrected chi connectivity index (χ2v) is 6.12. The fourth-order valence-electron chi connectivity index (χ4n) is 3.50. The smallest absolute Gasteiger partial charge is 0.315 e. The molecule has 0 radical (unpaired) electrons. The molecule has 20 heavy (non-hydrogen) atoms. The van der Waals surface area contributed by atoms with Gasteiger partial charge in [-0.25, -0.2) is 4.79 Å². The summed E-state index contributed by atoms with van der Waals surface area (Å²) in [5.41, 5.74) is 0. The van der Waals surface area contributed by atoms with Crippen molar-refractivity contribution in [2.45, 2.75) is 64.0 Å². The Morgan fingerprint density at radius 2 is 1.80 bits per heavy atom. The van der Waals surface area contributed by atoms with Crippen LogP contribution in [0.3, 0.4) is 0 Å². The molecule has 2 fully saturated rings. The zero-order valence-corrected chi connectivity index (χ0v) is 12.7. The maximum Gasteiger partial charge on any atom is 0.315 e. The van der Waals surface area contributed by atoms with E-state index in [1.54, 1.807) is 7.05 Å². The van der Waals surface area contributed by atoms with Crippen molar-refractivity contribution < 1.29 is 9.59 Å². The van der Waals surface area contributed by atoms with Crippen LogP contribution in [-0.4, -0.2) is 42.5 Å². The minimum absolute atomic E-state index is 0.116. The summed E-state index contributed by atoms with van der Waals surface area (Å²) in [4.78, 5) is 26.4. The summed E-state index contributed by atoms with van der Waals surface area (Å²) in [7, 11) is 1.59. The third-order valence-corrected chi connectivity index (χ3v) is 4.74. The molecule has 0 aromatic carbocycles. The van der Waals surface area contributed by atoms with Gasteiger partial charge in [-0.3, -0.25) is 4.79 Å². The van der Waals surface area contributed by atoms with Gasteiger partial charge >= 0.3 is 6.03 Å². The molecule has 0 spiro atoms. The number of likely N-dealkylation sites (tertiary alicyclic amines) is 1. The molecule has 5 heteroatoms. The average molecular weight is 281 g/mol. The van der Waals surface area contributed by atoms with Gasteiger partial charge in [0.2, 0.25) is 5.91 Å². The van der Waals surface area contributed by atoms with Crippen LogP contribution in [0, 0.1) is 5.92 Å². The Morgan fingerprint density at radius 3 is 2.35 bits per heavy atom. The van der Waals surface area contributed by atoms with Gasteiger partial charge in [-0.15, -0.1) is 0 Å². The maximum atomic E-state index is 12.8. The maximum absolute atomic E-state index is 12.8. The van der Waals surface area contributed by atoms with Gasteiger partial charge in [-0.1, -0.05) is 19.3 Å². The van der Waals surface area contributed by atoms with Crippen molar-refractivity contribution in [1.82, 2.24) is 15.5 Å². The van der Waals surface area contributed by atoms with Gasteiger partial charge in [-0.2, -0.15) is 0 Å². The van der Waals surface area contributed by atoms with Crippen molar-refractivity contribution in [2.24, 2.45) is 5.92 Å². The molecule has 1 saturated carbocycles. The van der Waals surface area contributed by atoms with E-state index in [1.807, 2.05) is 4.90 Å². The lowest BCUT2D eigenvalue weighted by atomic mass is 9.83. The lowest BCUT2D eigenvalue weighted by molar-refractivity contribution is -0.135. The zero-order chi connectivity index (χ0) is 14.5. The molecule has 2 aliphatic rings. The second kappa shape index (κ2) is 6.95. The lowest BCUT2D eigenvalue weighted by Gasteiger charge is -2.34. The van der Waals surface area contributed by atoms with Gasteiger partial charge in [0.15, 0.2) is 0 Å². The van der Waals surface area contributed by atoms with E-state index < -0.39 is 0 Å². The molecule has 1 aliphatic carbocycles. The number of hydrogen-bond acceptors (Lipinski definition) is 2. The molecule has 3 amide bonds. The fourth-order valence-corrected chi connectivity index (χ4v) is 3.50. The quantitative estimate of drug-likeness (QED) is 0.829. The monoisotopic (exact) mass is 281 g/mol. The first-order valence-electron chi connectivity index (χ1n) is 7.92. The SMILES string of the molecule is CNC(=O)NC(C(=O)N1CCCC1C)C1CCCCC1. The molecule has 0 aromatic heterocycles. The predicted molar refractivity (Wildman–Crippen MR) is 78.4 cm³/mol. The van der Waals surface area contributed by atoms with Crippen LogP contribution in [0.15, 0.2) is 0 Å². The van der Waals surface area contributed by atoms with Gasteiger partial charge in [-0.05, 0) is 38.5 Å². The molecule has 2 atom stereocenters. The van der Waals surface area contributed by atoms with Crippen LogP contribution in [-0.2, 0) is 4.79 Å². The van der Waals surface area contributed by atoms with E-state index in [9.17, 15) is 9.59 Å². The summed E-state index contributed by atoms with van der Waals surface area (Å²) >= 11 is 0. The average Bonchev–Trinajstić information content (AvgIpc) is 2.91. The summed E-state index contributed by atoms with van der Waals surface area (Å²) in [5.74, 6) is 0.409. The van der Waals surface area contributed by atoms with E-state index in [0.717, 1.165) is 32.2 Å². The summed E-state index contributed by atoms with van der Waals surface area (Å²) in [6, 6.07) is -0.295. The summed E-state index contributed by atoms with van der Waals surface area (Å²) < 4.78 is 0. The third-order valence-electron chi connectivity index (χ3n) is 4.74. The molecule has 0 aromatic rings. The van der Waals surface area contributed by atoms with Gasteiger partial charge < -0.3 is 15.5 Å². The van der Waals surface area contributed by atoms with Gasteiger partial charge in [0.05, 0.1) is 0 Å². The minimum Gasteiger partial charge on any atom is -0.341 e. The van der Waals surface area contributed by atoms with Gasteiger partial charge in [0.25, 0.3) is 0 Å². The first-order chi connectivity index (χ1) is 9.63. The highest BCUT2D eigenvalue weighted by atomic mass is 16.2. The van der Waals surface area contributed by atoms with Crippen LogP contribution < -0.4 is 10.6 Å². The van der Waals surface area contributed by atoms with Crippen LogP contribution in [0.4, 0.5) is 4.79 Å². The van der Waals surface area contributed by atoms with Crippen LogP contribution in [0.1, 0.15) is 51.9 Å². The normalized spacial score (nSPS) is 25.3. The molecule has 114 valence electrons. The third kappa shape index (κ3) is 3.44. The summed E-state index contributed by atoms with van der Waals surface area (Å²) in [6.07, 6.45) is 7.81. The molecule has 0 bridgehead atoms. The van der Waals surface area contributed by atoms with Crippen molar-refractivity contribution in [3.63, 3.8) is 0 Å². The van der Waals surface area contributed by atoms with Crippen molar-refractivity contribution in [1.29, 1.82) is 0 Å². The first-order valence-corrected chi connectivity index (χ1v) is 7.92. The number of hydrogen-bond donors (Lipinski definition) is 2. The van der Waals surface area contributed by atoms with Crippen LogP contribution in [0.5, 0.6) is 0 Å². The van der Waals surface area contributed by atoms with Crippen molar-refractivity contribution in [3.8, 4) is 0 Å². The topological polar surface area (TPSA) is 61.4 Å². The number of rotatable bonds is 3. The summed E-state index contributed by atoms with van der Waals surface area (Å²) in [6.45, 7) is 2.93. The highest BCUT2D eigenvalue weighted by Crippen LogP contribution is 2.29. The molecular formula is C15H27N3O2. The highest BCUT2D eigenvalue weighted by Gasteiger charge is 2.36. The number of nitrogens with one attached hydrogen (secondary N) is 2. The predicted octanol–water partition coefficient (Wildman–Crippen LogP) is 1.88. The number of nitrogens with zero attached hydrogens (tertiary/aromatic N) is 1. The molecule has 1 aliphatic heterocycles. The Balaban J connectivity index is 2.07. The van der Waals surface area contributed by atoms with Gasteiger partial charge in [0, 0.05) is 19.6 Å². The van der Waals surface area contributed by atoms with Crippen LogP contribution in [0.2, 0.25) is 0 Å². The zero-order valence-electron chi connectivity index (χ0n) is 12.7. The molecule has 2 N–H and O–H groups in total. The molecular weight excluding hydrogens is 254 g/mol. The lowest BCUT2D eigenvalue weighted by Crippen LogP contribution is -2.55. The Bertz CT molecular complexity index is 353. The van der Waals surface area contributed by atoms with E-state index in [2.05, 4.69) is 17.6 Å². The number of carbonyl (C=O) groups excluding carboxylic acids is 2. The van der Waals surface area contributed by atoms with E-state index in [-0.39, 0.29) is 18.0 Å². The Kier molecular flexibility index (Phi) is 5.26. The molecule has 1 heterocycles. The summed E-state index contributed by atoms with van der Waals surface area (Å²) in [5, 5.41) is 5.46. The fraction of sp³-hybridized carbons (Fsp3) is 0.867. The highest BCUT2D eigenvalue weighted by molar-refractivity contribution is 5.87. The van der Waals surface area contributed by atoms with Gasteiger partial charge in [0.1, 0.15) is 6.04 Å². The number of urea groups is 1. The molecule has 1 saturated heterocycles. The van der Waals surface area contributed by atoms with E-state index in [0.29, 0.717) is 12.0 Å². The standard InChI is InChI=1S/C15H27N3O2/c1-11-7-6-10-18(11)14(19)13(17-15(20)16-2)12-8-4-3-5-9-12/h11-13H,3-10H2,1-2H3,(H2,16,17,20). The van der Waals surface area contributed by atoms with E-state index >= 15 is 0 Å². The largest absolute Gasteiger partial charge is 0.341 e. The molecule has 2 unspecified atom stereocenters. The Hall–Kier alpha value is -1.26. The van der Waals surface area contributed by atoms with E-state index in [1.165, 1.54) is 19.3 Å². The van der Waals surface area contributed by atoms with Crippen LogP contribution in [0.25, 0.3) is 0 Å². The molecule has 5 nitrogen and oxygen atoms in total. The number of carbonyl (C=O) groups is 2. The van der Waals surface area contributed by atoms with E-state index in [4.69, 9.17) is 0 Å². The Labute approximate surface area is 121 Å². The van der Waals surface area contributed by atoms with Crippen molar-refractivity contribution in [2.75, 3.05) is 13.6 Å². The van der Waals surface area contributed by atoms with Crippen LogP contribution >= 0.6 is 0 Å². The minimum atomic E-state index is -0.351. The Morgan fingerprint density at radius 1 is 1.10 bits per heavy atom. The van der Waals surface area contributed by atoms with Crippen molar-refractivity contribution >= 4 is 11.9 Å². The first kappa shape index (κ1) is 15.1. The van der Waals surface area contributed by atoms with Crippen molar-refractivity contribution in [3.05, 3.63) is 0 Å².